The van der Waals surface area contributed by atoms with Crippen LogP contribution in [-0.2, 0) is 19.1 Å². The van der Waals surface area contributed by atoms with Crippen molar-refractivity contribution in [3.05, 3.63) is 24.3 Å². The van der Waals surface area contributed by atoms with Crippen LogP contribution in [0, 0.1) is 0 Å². The van der Waals surface area contributed by atoms with Crippen molar-refractivity contribution in [1.29, 1.82) is 0 Å². The molecule has 0 fully saturated rings. The maximum absolute atomic E-state index is 12.2. The molecule has 0 saturated carbocycles. The fraction of sp³-hybridized carbons (Fsp3) is 0.538. The summed E-state index contributed by atoms with van der Waals surface area (Å²) in [7, 11) is 0. The van der Waals surface area contributed by atoms with Gasteiger partial charge in [0.15, 0.2) is 12.1 Å². The van der Waals surface area contributed by atoms with E-state index < -0.39 is 29.7 Å². The van der Waals surface area contributed by atoms with E-state index in [4.69, 9.17) is 15.2 Å². The second kappa shape index (κ2) is 6.42. The van der Waals surface area contributed by atoms with Gasteiger partial charge in [-0.1, -0.05) is 0 Å². The molecule has 0 aliphatic carbocycles. The Bertz CT molecular complexity index is 470. The predicted molar refractivity (Wildman–Crippen MR) is 70.4 cm³/mol. The van der Waals surface area contributed by atoms with E-state index in [0.717, 1.165) is 0 Å². The van der Waals surface area contributed by atoms with Crippen LogP contribution in [0.1, 0.15) is 39.3 Å². The van der Waals surface area contributed by atoms with Gasteiger partial charge in [-0.05, 0) is 20.8 Å². The third kappa shape index (κ3) is 4.93. The van der Waals surface area contributed by atoms with Crippen LogP contribution >= 0.6 is 0 Å². The van der Waals surface area contributed by atoms with Gasteiger partial charge >= 0.3 is 11.9 Å². The molecule has 0 saturated heterocycles. The van der Waals surface area contributed by atoms with E-state index in [1.807, 2.05) is 0 Å². The molecule has 20 heavy (non-hydrogen) atoms. The zero-order valence-electron chi connectivity index (χ0n) is 12.0. The number of aromatic nitrogens is 2. The highest BCUT2D eigenvalue weighted by molar-refractivity contribution is 5.79. The molecule has 0 radical (unpaired) electrons. The molecule has 7 heteroatoms. The summed E-state index contributed by atoms with van der Waals surface area (Å²) in [5.41, 5.74) is 5.36. The van der Waals surface area contributed by atoms with Gasteiger partial charge < -0.3 is 9.47 Å². The van der Waals surface area contributed by atoms with E-state index >= 15 is 0 Å². The first-order valence-corrected chi connectivity index (χ1v) is 6.12. The molecule has 2 atom stereocenters. The van der Waals surface area contributed by atoms with Gasteiger partial charge in [-0.15, -0.1) is 0 Å². The average Bonchev–Trinajstić information content (AvgIpc) is 2.26. The van der Waals surface area contributed by atoms with Gasteiger partial charge in [0, 0.05) is 25.5 Å². The van der Waals surface area contributed by atoms with E-state index in [0.29, 0.717) is 0 Å². The van der Waals surface area contributed by atoms with Crippen LogP contribution in [-0.4, -0.2) is 33.7 Å². The Morgan fingerprint density at radius 3 is 2.40 bits per heavy atom. The topological polar surface area (TPSA) is 104 Å². The molecule has 2 unspecified atom stereocenters. The number of ether oxygens (including phenoxy) is 2. The van der Waals surface area contributed by atoms with Crippen molar-refractivity contribution in [2.24, 2.45) is 5.73 Å². The minimum absolute atomic E-state index is 0.288. The Labute approximate surface area is 117 Å². The Morgan fingerprint density at radius 2 is 1.95 bits per heavy atom. The Kier molecular flexibility index (Phi) is 5.15. The highest BCUT2D eigenvalue weighted by Crippen LogP contribution is 2.22. The molecule has 0 spiro atoms. The fourth-order valence-corrected chi connectivity index (χ4v) is 1.52. The average molecular weight is 281 g/mol. The molecule has 0 bridgehead atoms. The summed E-state index contributed by atoms with van der Waals surface area (Å²) in [6.45, 7) is 6.41. The van der Waals surface area contributed by atoms with Crippen molar-refractivity contribution in [2.45, 2.75) is 45.4 Å². The maximum atomic E-state index is 12.2. The number of carbonyl (C=O) groups is 2. The SMILES string of the molecule is CC(=O)OC(N)C(C(=O)OC(C)(C)C)c1cnccn1. The van der Waals surface area contributed by atoms with E-state index in [2.05, 4.69) is 9.97 Å². The standard InChI is InChI=1S/C13H19N3O4/c1-8(17)19-11(14)10(9-7-15-5-6-16-9)12(18)20-13(2,3)4/h5-7,10-11H,14H2,1-4H3. The molecular formula is C13H19N3O4. The van der Waals surface area contributed by atoms with Crippen molar-refractivity contribution in [2.75, 3.05) is 0 Å². The van der Waals surface area contributed by atoms with Gasteiger partial charge in [0.05, 0.1) is 5.69 Å². The lowest BCUT2D eigenvalue weighted by Gasteiger charge is -2.26. The molecular weight excluding hydrogens is 262 g/mol. The summed E-state index contributed by atoms with van der Waals surface area (Å²) in [6, 6.07) is 0. The summed E-state index contributed by atoms with van der Waals surface area (Å²) in [5, 5.41) is 0. The molecule has 1 heterocycles. The molecule has 0 aliphatic heterocycles. The second-order valence-electron chi connectivity index (χ2n) is 5.22. The summed E-state index contributed by atoms with van der Waals surface area (Å²) in [4.78, 5) is 31.1. The second-order valence-corrected chi connectivity index (χ2v) is 5.22. The largest absolute Gasteiger partial charge is 0.459 e. The van der Waals surface area contributed by atoms with Crippen molar-refractivity contribution in [1.82, 2.24) is 9.97 Å². The number of esters is 2. The van der Waals surface area contributed by atoms with E-state index in [1.165, 1.54) is 25.5 Å². The molecule has 7 nitrogen and oxygen atoms in total. The number of hydrogen-bond acceptors (Lipinski definition) is 7. The monoisotopic (exact) mass is 281 g/mol. The minimum Gasteiger partial charge on any atom is -0.459 e. The quantitative estimate of drug-likeness (QED) is 0.641. The lowest BCUT2D eigenvalue weighted by molar-refractivity contribution is -0.163. The van der Waals surface area contributed by atoms with Gasteiger partial charge in [-0.3, -0.25) is 25.3 Å². The molecule has 110 valence electrons. The first-order chi connectivity index (χ1) is 9.20. The zero-order valence-corrected chi connectivity index (χ0v) is 12.0. The van der Waals surface area contributed by atoms with Gasteiger partial charge in [0.2, 0.25) is 0 Å². The number of hydrogen-bond donors (Lipinski definition) is 1. The van der Waals surface area contributed by atoms with Crippen LogP contribution in [0.3, 0.4) is 0 Å². The zero-order chi connectivity index (χ0) is 15.3. The summed E-state index contributed by atoms with van der Waals surface area (Å²) >= 11 is 0. The van der Waals surface area contributed by atoms with Crippen LogP contribution in [0.4, 0.5) is 0 Å². The molecule has 0 aromatic carbocycles. The normalized spacial score (nSPS) is 14.2. The molecule has 0 aliphatic rings. The summed E-state index contributed by atoms with van der Waals surface area (Å²) in [5.74, 6) is -2.23. The van der Waals surface area contributed by atoms with Crippen LogP contribution in [0.15, 0.2) is 18.6 Å². The highest BCUT2D eigenvalue weighted by Gasteiger charge is 2.35. The van der Waals surface area contributed by atoms with Crippen LogP contribution in [0.25, 0.3) is 0 Å². The molecule has 1 aromatic rings. The van der Waals surface area contributed by atoms with Gasteiger partial charge in [0.1, 0.15) is 5.60 Å². The highest BCUT2D eigenvalue weighted by atomic mass is 16.6. The van der Waals surface area contributed by atoms with E-state index in [1.54, 1.807) is 20.8 Å². The molecule has 1 aromatic heterocycles. The van der Waals surface area contributed by atoms with Crippen LogP contribution in [0.2, 0.25) is 0 Å². The smallest absolute Gasteiger partial charge is 0.320 e. The van der Waals surface area contributed by atoms with Crippen molar-refractivity contribution < 1.29 is 19.1 Å². The predicted octanol–water partition coefficient (Wildman–Crippen LogP) is 0.750. The lowest BCUT2D eigenvalue weighted by Crippen LogP contribution is -2.40. The third-order valence-electron chi connectivity index (χ3n) is 2.19. The van der Waals surface area contributed by atoms with E-state index in [9.17, 15) is 9.59 Å². The summed E-state index contributed by atoms with van der Waals surface area (Å²) in [6.07, 6.45) is 3.09. The minimum atomic E-state index is -1.18. The Balaban J connectivity index is 3.02. The molecule has 0 amide bonds. The molecule has 1 rings (SSSR count). The summed E-state index contributed by atoms with van der Waals surface area (Å²) < 4.78 is 10.2. The van der Waals surface area contributed by atoms with Gasteiger partial charge in [0.25, 0.3) is 0 Å². The number of nitrogens with two attached hydrogens (primary N) is 1. The van der Waals surface area contributed by atoms with Crippen LogP contribution < -0.4 is 5.73 Å². The van der Waals surface area contributed by atoms with Gasteiger partial charge in [-0.25, -0.2) is 0 Å². The first kappa shape index (κ1) is 16.0. The molecule has 2 N–H and O–H groups in total. The Morgan fingerprint density at radius 1 is 1.30 bits per heavy atom. The third-order valence-corrected chi connectivity index (χ3v) is 2.19. The van der Waals surface area contributed by atoms with Crippen molar-refractivity contribution in [3.8, 4) is 0 Å². The van der Waals surface area contributed by atoms with E-state index in [-0.39, 0.29) is 5.69 Å². The van der Waals surface area contributed by atoms with Gasteiger partial charge in [-0.2, -0.15) is 0 Å². The fourth-order valence-electron chi connectivity index (χ4n) is 1.52. The maximum Gasteiger partial charge on any atom is 0.320 e. The van der Waals surface area contributed by atoms with Crippen molar-refractivity contribution >= 4 is 11.9 Å². The number of rotatable bonds is 4. The van der Waals surface area contributed by atoms with Crippen LogP contribution in [0.5, 0.6) is 0 Å². The van der Waals surface area contributed by atoms with Crippen molar-refractivity contribution in [3.63, 3.8) is 0 Å². The number of nitrogens with zero attached hydrogens (tertiary/aromatic N) is 2. The first-order valence-electron chi connectivity index (χ1n) is 6.12. The Hall–Kier alpha value is -2.02. The lowest BCUT2D eigenvalue weighted by atomic mass is 10.0. The number of carbonyl (C=O) groups excluding carboxylic acids is 2.